The average molecular weight is 373 g/mol. The smallest absolute Gasteiger partial charge is 0.156 e. The summed E-state index contributed by atoms with van der Waals surface area (Å²) in [6.07, 6.45) is 1.88. The lowest BCUT2D eigenvalue weighted by atomic mass is 10.2. The molecule has 2 aromatic carbocycles. The molecule has 0 unspecified atom stereocenters. The number of nitrogens with zero attached hydrogens (tertiary/aromatic N) is 2. The quantitative estimate of drug-likeness (QED) is 0.435. The molecule has 0 bridgehead atoms. The van der Waals surface area contributed by atoms with Crippen LogP contribution in [-0.4, -0.2) is 4.98 Å². The number of aromatic nitrogens is 1. The fraction of sp³-hybridized carbons (Fsp3) is 0. The van der Waals surface area contributed by atoms with E-state index in [1.807, 2.05) is 54.6 Å². The zero-order chi connectivity index (χ0) is 14.7. The van der Waals surface area contributed by atoms with Gasteiger partial charge in [0, 0.05) is 4.47 Å². The Morgan fingerprint density at radius 2 is 2.10 bits per heavy atom. The summed E-state index contributed by atoms with van der Waals surface area (Å²) in [6.45, 7) is 0. The Morgan fingerprint density at radius 3 is 2.86 bits per heavy atom. The van der Waals surface area contributed by atoms with Crippen molar-refractivity contribution >= 4 is 55.3 Å². The molecule has 1 aromatic heterocycles. The van der Waals surface area contributed by atoms with Crippen LogP contribution in [0.3, 0.4) is 0 Å². The minimum absolute atomic E-state index is 0.632. The monoisotopic (exact) mass is 372 g/mol. The van der Waals surface area contributed by atoms with Gasteiger partial charge in [0.25, 0.3) is 0 Å². The lowest BCUT2D eigenvalue weighted by Gasteiger charge is -1.97. The molecule has 3 rings (SSSR count). The van der Waals surface area contributed by atoms with E-state index in [-0.39, 0.29) is 0 Å². The molecule has 0 saturated heterocycles. The van der Waals surface area contributed by atoms with Crippen molar-refractivity contribution in [2.75, 3.05) is 0 Å². The average Bonchev–Trinajstić information content (AvgIpc) is 2.89. The predicted molar refractivity (Wildman–Crippen MR) is 93.2 cm³/mol. The van der Waals surface area contributed by atoms with Gasteiger partial charge < -0.3 is 0 Å². The molecule has 3 aromatic rings. The maximum absolute atomic E-state index is 9.32. The van der Waals surface area contributed by atoms with Crippen LogP contribution in [-0.2, 0) is 0 Å². The van der Waals surface area contributed by atoms with Crippen molar-refractivity contribution in [3.8, 4) is 6.07 Å². The number of hydrogen-bond donors (Lipinski definition) is 0. The number of halogens is 1. The largest absolute Gasteiger partial charge is 0.229 e. The number of allylic oxidation sites excluding steroid dienone is 1. The predicted octanol–water partition coefficient (Wildman–Crippen LogP) is 5.72. The van der Waals surface area contributed by atoms with Gasteiger partial charge in [-0.05, 0) is 47.7 Å². The van der Waals surface area contributed by atoms with Gasteiger partial charge in [0.05, 0.1) is 15.1 Å². The van der Waals surface area contributed by atoms with Gasteiger partial charge in [0.1, 0.15) is 6.07 Å². The first-order valence-electron chi connectivity index (χ1n) is 6.15. The molecule has 0 spiro atoms. The van der Waals surface area contributed by atoms with Crippen molar-refractivity contribution < 1.29 is 0 Å². The summed E-state index contributed by atoms with van der Waals surface area (Å²) >= 11 is 6.45. The standard InChI is InChI=1S/C16H9BrN2S2/c17-12-5-3-4-11(8-12)9-13(10-18)20-16-19-14-6-1-2-7-15(14)21-16/h1-9H/b13-9+. The number of thiazole rings is 1. The van der Waals surface area contributed by atoms with Gasteiger partial charge in [0.2, 0.25) is 0 Å². The van der Waals surface area contributed by atoms with E-state index in [0.717, 1.165) is 24.6 Å². The minimum atomic E-state index is 0.632. The summed E-state index contributed by atoms with van der Waals surface area (Å²) < 4.78 is 3.03. The van der Waals surface area contributed by atoms with E-state index >= 15 is 0 Å². The molecule has 0 aliphatic heterocycles. The number of benzene rings is 2. The number of hydrogen-bond acceptors (Lipinski definition) is 4. The first-order valence-corrected chi connectivity index (χ1v) is 8.58. The van der Waals surface area contributed by atoms with Crippen LogP contribution in [0.5, 0.6) is 0 Å². The second-order valence-corrected chi connectivity index (χ2v) is 7.46. The number of thioether (sulfide) groups is 1. The second-order valence-electron chi connectivity index (χ2n) is 4.22. The minimum Gasteiger partial charge on any atom is -0.229 e. The highest BCUT2D eigenvalue weighted by molar-refractivity contribution is 9.10. The molecule has 0 saturated carbocycles. The molecular formula is C16H9BrN2S2. The molecule has 21 heavy (non-hydrogen) atoms. The lowest BCUT2D eigenvalue weighted by molar-refractivity contribution is 1.31. The Hall–Kier alpha value is -1.61. The number of nitriles is 1. The van der Waals surface area contributed by atoms with E-state index in [9.17, 15) is 5.26 Å². The Morgan fingerprint density at radius 1 is 1.24 bits per heavy atom. The van der Waals surface area contributed by atoms with E-state index in [4.69, 9.17) is 0 Å². The summed E-state index contributed by atoms with van der Waals surface area (Å²) in [5.41, 5.74) is 1.97. The second kappa shape index (κ2) is 6.44. The molecule has 0 aliphatic carbocycles. The third kappa shape index (κ3) is 3.53. The highest BCUT2D eigenvalue weighted by Crippen LogP contribution is 2.34. The Kier molecular flexibility index (Phi) is 4.39. The normalized spacial score (nSPS) is 11.5. The van der Waals surface area contributed by atoms with Crippen molar-refractivity contribution in [1.82, 2.24) is 4.98 Å². The highest BCUT2D eigenvalue weighted by Gasteiger charge is 2.07. The Labute approximate surface area is 139 Å². The first kappa shape index (κ1) is 14.3. The Balaban J connectivity index is 1.89. The third-order valence-electron chi connectivity index (χ3n) is 2.73. The third-order valence-corrected chi connectivity index (χ3v) is 5.25. The van der Waals surface area contributed by atoms with E-state index in [0.29, 0.717) is 4.91 Å². The number of para-hydroxylation sites is 1. The van der Waals surface area contributed by atoms with Gasteiger partial charge in [-0.25, -0.2) is 4.98 Å². The van der Waals surface area contributed by atoms with Crippen molar-refractivity contribution in [3.05, 3.63) is 63.5 Å². The molecule has 0 amide bonds. The van der Waals surface area contributed by atoms with Crippen LogP contribution in [0, 0.1) is 11.3 Å². The molecule has 0 N–H and O–H groups in total. The van der Waals surface area contributed by atoms with Gasteiger partial charge >= 0.3 is 0 Å². The van der Waals surface area contributed by atoms with E-state index in [1.54, 1.807) is 11.3 Å². The maximum Gasteiger partial charge on any atom is 0.156 e. The van der Waals surface area contributed by atoms with E-state index < -0.39 is 0 Å². The van der Waals surface area contributed by atoms with Gasteiger partial charge in [0.15, 0.2) is 4.34 Å². The van der Waals surface area contributed by atoms with Gasteiger partial charge in [-0.2, -0.15) is 5.26 Å². The van der Waals surface area contributed by atoms with E-state index in [2.05, 4.69) is 27.0 Å². The number of fused-ring (bicyclic) bond motifs is 1. The molecule has 0 fully saturated rings. The summed E-state index contributed by atoms with van der Waals surface area (Å²) in [6, 6.07) is 18.1. The SMILES string of the molecule is N#C/C(=C\c1cccc(Br)c1)Sc1nc2ccccc2s1. The van der Waals surface area contributed by atoms with Crippen LogP contribution in [0.4, 0.5) is 0 Å². The van der Waals surface area contributed by atoms with Crippen LogP contribution in [0.2, 0.25) is 0 Å². The first-order chi connectivity index (χ1) is 10.2. The molecule has 0 radical (unpaired) electrons. The fourth-order valence-electron chi connectivity index (χ4n) is 1.82. The number of rotatable bonds is 3. The zero-order valence-corrected chi connectivity index (χ0v) is 14.0. The topological polar surface area (TPSA) is 36.7 Å². The molecule has 2 nitrogen and oxygen atoms in total. The molecule has 0 aliphatic rings. The summed E-state index contributed by atoms with van der Waals surface area (Å²) in [5.74, 6) is 0. The van der Waals surface area contributed by atoms with Crippen LogP contribution >= 0.6 is 39.0 Å². The molecular weight excluding hydrogens is 364 g/mol. The fourth-order valence-corrected chi connectivity index (χ4v) is 4.21. The maximum atomic E-state index is 9.32. The zero-order valence-electron chi connectivity index (χ0n) is 10.8. The van der Waals surface area contributed by atoms with Crippen LogP contribution in [0.25, 0.3) is 16.3 Å². The molecule has 102 valence electrons. The van der Waals surface area contributed by atoms with Crippen molar-refractivity contribution in [1.29, 1.82) is 5.26 Å². The van der Waals surface area contributed by atoms with Crippen LogP contribution in [0.1, 0.15) is 5.56 Å². The van der Waals surface area contributed by atoms with Crippen LogP contribution < -0.4 is 0 Å². The van der Waals surface area contributed by atoms with Crippen LogP contribution in [0.15, 0.2) is 62.2 Å². The van der Waals surface area contributed by atoms with Crippen molar-refractivity contribution in [3.63, 3.8) is 0 Å². The van der Waals surface area contributed by atoms with Gasteiger partial charge in [-0.15, -0.1) is 11.3 Å². The van der Waals surface area contributed by atoms with Gasteiger partial charge in [-0.1, -0.05) is 40.2 Å². The Bertz CT molecular complexity index is 829. The summed E-state index contributed by atoms with van der Waals surface area (Å²) in [7, 11) is 0. The lowest BCUT2D eigenvalue weighted by Crippen LogP contribution is -1.76. The van der Waals surface area contributed by atoms with Gasteiger partial charge in [-0.3, -0.25) is 0 Å². The highest BCUT2D eigenvalue weighted by atomic mass is 79.9. The summed E-state index contributed by atoms with van der Waals surface area (Å²) in [5, 5.41) is 9.32. The van der Waals surface area contributed by atoms with Crippen molar-refractivity contribution in [2.45, 2.75) is 4.34 Å². The summed E-state index contributed by atoms with van der Waals surface area (Å²) in [4.78, 5) is 5.17. The van der Waals surface area contributed by atoms with Crippen molar-refractivity contribution in [2.24, 2.45) is 0 Å². The van der Waals surface area contributed by atoms with E-state index in [1.165, 1.54) is 11.8 Å². The molecule has 1 heterocycles. The molecule has 5 heteroatoms. The molecule has 0 atom stereocenters.